The van der Waals surface area contributed by atoms with E-state index in [0.29, 0.717) is 30.9 Å². The Hall–Kier alpha value is -3.45. The van der Waals surface area contributed by atoms with Gasteiger partial charge in [-0.2, -0.15) is 0 Å². The predicted octanol–water partition coefficient (Wildman–Crippen LogP) is 3.76. The van der Waals surface area contributed by atoms with Crippen molar-refractivity contribution in [3.63, 3.8) is 0 Å². The van der Waals surface area contributed by atoms with Crippen LogP contribution >= 0.6 is 0 Å². The van der Waals surface area contributed by atoms with Gasteiger partial charge in [-0.15, -0.1) is 0 Å². The van der Waals surface area contributed by atoms with Crippen molar-refractivity contribution >= 4 is 17.4 Å². The molecule has 1 saturated heterocycles. The first-order valence-corrected chi connectivity index (χ1v) is 10.4. The molecular weight excluding hydrogens is 411 g/mol. The zero-order chi connectivity index (χ0) is 23.3. The van der Waals surface area contributed by atoms with E-state index in [-0.39, 0.29) is 16.9 Å². The lowest BCUT2D eigenvalue weighted by molar-refractivity contribution is -0.139. The molecule has 1 atom stereocenters. The van der Waals surface area contributed by atoms with Crippen molar-refractivity contribution in [1.82, 2.24) is 9.80 Å². The van der Waals surface area contributed by atoms with E-state index in [1.54, 1.807) is 30.3 Å². The highest BCUT2D eigenvalue weighted by molar-refractivity contribution is 6.46. The molecule has 2 aromatic carbocycles. The molecule has 1 aliphatic rings. The molecule has 0 aliphatic carbocycles. The van der Waals surface area contributed by atoms with Crippen molar-refractivity contribution in [2.75, 3.05) is 33.8 Å². The zero-order valence-electron chi connectivity index (χ0n) is 18.3. The number of Topliss-reactive ketones (excluding diaryl/α,β-unsaturated/α-hetero) is 1. The van der Waals surface area contributed by atoms with Gasteiger partial charge >= 0.3 is 0 Å². The summed E-state index contributed by atoms with van der Waals surface area (Å²) in [7, 11) is 3.86. The average Bonchev–Trinajstić information content (AvgIpc) is 3.02. The van der Waals surface area contributed by atoms with Crippen molar-refractivity contribution in [3.8, 4) is 5.75 Å². The number of likely N-dealkylation sites (tertiary alicyclic amines) is 1. The van der Waals surface area contributed by atoms with Crippen LogP contribution in [0.2, 0.25) is 0 Å². The molecule has 32 heavy (non-hydrogen) atoms. The minimum atomic E-state index is -0.783. The van der Waals surface area contributed by atoms with Gasteiger partial charge in [0.2, 0.25) is 0 Å². The summed E-state index contributed by atoms with van der Waals surface area (Å²) in [5.74, 6) is -1.67. The van der Waals surface area contributed by atoms with E-state index in [1.165, 1.54) is 29.2 Å². The number of carbonyl (C=O) groups is 2. The van der Waals surface area contributed by atoms with Crippen molar-refractivity contribution in [3.05, 3.63) is 83.7 Å². The predicted molar refractivity (Wildman–Crippen MR) is 121 cm³/mol. The summed E-state index contributed by atoms with van der Waals surface area (Å²) in [6.07, 6.45) is 2.27. The molecule has 6 nitrogen and oxygen atoms in total. The van der Waals surface area contributed by atoms with Crippen molar-refractivity contribution in [2.24, 2.45) is 0 Å². The smallest absolute Gasteiger partial charge is 0.295 e. The van der Waals surface area contributed by atoms with Gasteiger partial charge < -0.3 is 19.6 Å². The lowest BCUT2D eigenvalue weighted by Gasteiger charge is -2.26. The molecule has 0 aromatic heterocycles. The fourth-order valence-corrected chi connectivity index (χ4v) is 3.71. The van der Waals surface area contributed by atoms with E-state index < -0.39 is 23.5 Å². The maximum Gasteiger partial charge on any atom is 0.295 e. The van der Waals surface area contributed by atoms with Crippen LogP contribution in [0.1, 0.15) is 23.6 Å². The Bertz CT molecular complexity index is 1030. The lowest BCUT2D eigenvalue weighted by atomic mass is 9.95. The number of amides is 1. The number of ether oxygens (including phenoxy) is 1. The first-order chi connectivity index (χ1) is 15.3. The van der Waals surface area contributed by atoms with E-state index in [0.717, 1.165) is 6.54 Å². The SMILES string of the molecule is C=CCOc1cccc(C2/C(=C(\O)c3ccc(F)cc3)C(=O)C(=O)N2CCCN(C)C)c1. The van der Waals surface area contributed by atoms with Crippen molar-refractivity contribution in [2.45, 2.75) is 12.5 Å². The van der Waals surface area contributed by atoms with Gasteiger partial charge in [-0.1, -0.05) is 24.8 Å². The Morgan fingerprint density at radius 1 is 1.22 bits per heavy atom. The van der Waals surface area contributed by atoms with Crippen LogP contribution in [-0.4, -0.2) is 60.4 Å². The Morgan fingerprint density at radius 2 is 1.94 bits per heavy atom. The standard InChI is InChI=1S/C25H27FN2O4/c1-4-15-32-20-8-5-7-18(16-20)22-21(23(29)17-9-11-19(26)12-10-17)24(30)25(31)28(22)14-6-13-27(2)3/h4-5,7-12,16,22,29H,1,6,13-15H2,2-3H3/b23-21+. The number of hydrogen-bond donors (Lipinski definition) is 1. The van der Waals surface area contributed by atoms with Crippen LogP contribution in [-0.2, 0) is 9.59 Å². The second kappa shape index (κ2) is 10.2. The van der Waals surface area contributed by atoms with Gasteiger partial charge in [0.25, 0.3) is 11.7 Å². The first kappa shape index (κ1) is 23.2. The molecule has 0 saturated carbocycles. The highest BCUT2D eigenvalue weighted by Crippen LogP contribution is 2.40. The summed E-state index contributed by atoms with van der Waals surface area (Å²) in [6, 6.07) is 11.4. The molecule has 1 N–H and O–H groups in total. The number of carbonyl (C=O) groups excluding carboxylic acids is 2. The summed E-state index contributed by atoms with van der Waals surface area (Å²) in [6.45, 7) is 5.02. The molecule has 1 fully saturated rings. The molecule has 168 valence electrons. The van der Waals surface area contributed by atoms with Crippen LogP contribution in [0.5, 0.6) is 5.75 Å². The number of benzene rings is 2. The van der Waals surface area contributed by atoms with Gasteiger partial charge in [0, 0.05) is 12.1 Å². The van der Waals surface area contributed by atoms with Crippen LogP contribution < -0.4 is 4.74 Å². The summed E-state index contributed by atoms with van der Waals surface area (Å²) in [5, 5.41) is 11.0. The highest BCUT2D eigenvalue weighted by Gasteiger charge is 2.45. The van der Waals surface area contributed by atoms with Crippen LogP contribution in [0.3, 0.4) is 0 Å². The van der Waals surface area contributed by atoms with Crippen LogP contribution in [0.15, 0.2) is 66.8 Å². The number of rotatable bonds is 9. The van der Waals surface area contributed by atoms with E-state index in [2.05, 4.69) is 6.58 Å². The molecule has 0 radical (unpaired) electrons. The normalized spacial score (nSPS) is 17.8. The molecule has 0 bridgehead atoms. The highest BCUT2D eigenvalue weighted by atomic mass is 19.1. The number of nitrogens with zero attached hydrogens (tertiary/aromatic N) is 2. The molecule has 2 aromatic rings. The number of hydrogen-bond acceptors (Lipinski definition) is 5. The molecule has 0 spiro atoms. The van der Waals surface area contributed by atoms with E-state index in [1.807, 2.05) is 19.0 Å². The number of halogens is 1. The summed E-state index contributed by atoms with van der Waals surface area (Å²) in [4.78, 5) is 29.4. The third-order valence-electron chi connectivity index (χ3n) is 5.20. The van der Waals surface area contributed by atoms with E-state index in [4.69, 9.17) is 4.74 Å². The van der Waals surface area contributed by atoms with Gasteiger partial charge in [0.15, 0.2) is 0 Å². The monoisotopic (exact) mass is 438 g/mol. The molecule has 7 heteroatoms. The van der Waals surface area contributed by atoms with Crippen molar-refractivity contribution in [1.29, 1.82) is 0 Å². The largest absolute Gasteiger partial charge is 0.507 e. The molecular formula is C25H27FN2O4. The fourth-order valence-electron chi connectivity index (χ4n) is 3.71. The minimum absolute atomic E-state index is 0.0210. The van der Waals surface area contributed by atoms with Gasteiger partial charge in [-0.25, -0.2) is 4.39 Å². The third-order valence-corrected chi connectivity index (χ3v) is 5.20. The second-order valence-corrected chi connectivity index (χ2v) is 7.83. The number of ketones is 1. The van der Waals surface area contributed by atoms with Crippen LogP contribution in [0.4, 0.5) is 4.39 Å². The number of aliphatic hydroxyl groups is 1. The maximum atomic E-state index is 13.4. The second-order valence-electron chi connectivity index (χ2n) is 7.83. The molecule has 1 aliphatic heterocycles. The fraction of sp³-hybridized carbons (Fsp3) is 0.280. The third kappa shape index (κ3) is 5.06. The molecule has 1 amide bonds. The summed E-state index contributed by atoms with van der Waals surface area (Å²) < 4.78 is 19.0. The average molecular weight is 438 g/mol. The maximum absolute atomic E-state index is 13.4. The summed E-state index contributed by atoms with van der Waals surface area (Å²) in [5.41, 5.74) is 0.883. The van der Waals surface area contributed by atoms with Gasteiger partial charge in [0.05, 0.1) is 11.6 Å². The molecule has 1 heterocycles. The Labute approximate surface area is 187 Å². The number of aliphatic hydroxyl groups excluding tert-OH is 1. The topological polar surface area (TPSA) is 70.1 Å². The molecule has 3 rings (SSSR count). The zero-order valence-corrected chi connectivity index (χ0v) is 18.3. The minimum Gasteiger partial charge on any atom is -0.507 e. The summed E-state index contributed by atoms with van der Waals surface area (Å²) >= 11 is 0. The van der Waals surface area contributed by atoms with Gasteiger partial charge in [-0.05, 0) is 69.0 Å². The van der Waals surface area contributed by atoms with Crippen LogP contribution in [0.25, 0.3) is 5.76 Å². The Balaban J connectivity index is 2.08. The van der Waals surface area contributed by atoms with Gasteiger partial charge in [0.1, 0.15) is 23.9 Å². The van der Waals surface area contributed by atoms with Gasteiger partial charge in [-0.3, -0.25) is 9.59 Å². The Morgan fingerprint density at radius 3 is 2.59 bits per heavy atom. The lowest BCUT2D eigenvalue weighted by Crippen LogP contribution is -2.32. The Kier molecular flexibility index (Phi) is 7.43. The van der Waals surface area contributed by atoms with E-state index >= 15 is 0 Å². The van der Waals surface area contributed by atoms with Crippen LogP contribution in [0, 0.1) is 5.82 Å². The molecule has 1 unspecified atom stereocenters. The van der Waals surface area contributed by atoms with Crippen molar-refractivity contribution < 1.29 is 23.8 Å². The quantitative estimate of drug-likeness (QED) is 0.279. The first-order valence-electron chi connectivity index (χ1n) is 10.4. The van der Waals surface area contributed by atoms with E-state index in [9.17, 15) is 19.1 Å².